The van der Waals surface area contributed by atoms with Gasteiger partial charge in [0.25, 0.3) is 5.91 Å². The Morgan fingerprint density at radius 3 is 2.84 bits per heavy atom. The Bertz CT molecular complexity index is 596. The van der Waals surface area contributed by atoms with E-state index in [1.54, 1.807) is 12.1 Å². The number of carbonyl (C=O) groups is 1. The van der Waals surface area contributed by atoms with Crippen molar-refractivity contribution in [3.05, 3.63) is 41.0 Å². The Labute approximate surface area is 118 Å². The SMILES string of the molecule is CC(C)CCNC(=O)c1ccc2nc(Cl)ccc2c1. The van der Waals surface area contributed by atoms with Crippen molar-refractivity contribution < 1.29 is 4.79 Å². The number of fused-ring (bicyclic) bond motifs is 1. The number of nitrogens with one attached hydrogen (secondary N) is 1. The van der Waals surface area contributed by atoms with Gasteiger partial charge in [-0.15, -0.1) is 0 Å². The van der Waals surface area contributed by atoms with Gasteiger partial charge in [0.1, 0.15) is 5.15 Å². The third-order valence-electron chi connectivity index (χ3n) is 2.92. The number of nitrogens with zero attached hydrogens (tertiary/aromatic N) is 1. The van der Waals surface area contributed by atoms with Gasteiger partial charge in [-0.25, -0.2) is 4.98 Å². The minimum Gasteiger partial charge on any atom is -0.352 e. The number of pyridine rings is 1. The van der Waals surface area contributed by atoms with Gasteiger partial charge in [-0.05, 0) is 42.7 Å². The highest BCUT2D eigenvalue weighted by molar-refractivity contribution is 6.29. The van der Waals surface area contributed by atoms with Crippen LogP contribution in [-0.4, -0.2) is 17.4 Å². The summed E-state index contributed by atoms with van der Waals surface area (Å²) in [6.45, 7) is 4.97. The Hall–Kier alpha value is -1.61. The van der Waals surface area contributed by atoms with Gasteiger partial charge in [0.15, 0.2) is 0 Å². The van der Waals surface area contributed by atoms with Crippen LogP contribution in [-0.2, 0) is 0 Å². The van der Waals surface area contributed by atoms with Crippen LogP contribution in [0, 0.1) is 5.92 Å². The molecule has 0 saturated heterocycles. The molecule has 2 rings (SSSR count). The molecule has 0 aliphatic rings. The van der Waals surface area contributed by atoms with Gasteiger partial charge in [-0.3, -0.25) is 4.79 Å². The normalized spacial score (nSPS) is 10.9. The van der Waals surface area contributed by atoms with Crippen molar-refractivity contribution in [2.75, 3.05) is 6.54 Å². The molecule has 1 amide bonds. The fourth-order valence-corrected chi connectivity index (χ4v) is 1.97. The van der Waals surface area contributed by atoms with E-state index in [9.17, 15) is 4.79 Å². The molecule has 0 spiro atoms. The molecular weight excluding hydrogens is 260 g/mol. The van der Waals surface area contributed by atoms with Gasteiger partial charge in [0, 0.05) is 17.5 Å². The Morgan fingerprint density at radius 2 is 2.11 bits per heavy atom. The summed E-state index contributed by atoms with van der Waals surface area (Å²) in [5.74, 6) is 0.542. The summed E-state index contributed by atoms with van der Waals surface area (Å²) in [6.07, 6.45) is 0.983. The van der Waals surface area contributed by atoms with Crippen LogP contribution in [0.25, 0.3) is 10.9 Å². The van der Waals surface area contributed by atoms with E-state index in [1.807, 2.05) is 18.2 Å². The van der Waals surface area contributed by atoms with E-state index in [4.69, 9.17) is 11.6 Å². The molecular formula is C15H17ClN2O. The summed E-state index contributed by atoms with van der Waals surface area (Å²) in [6, 6.07) is 9.03. The fraction of sp³-hybridized carbons (Fsp3) is 0.333. The summed E-state index contributed by atoms with van der Waals surface area (Å²) >= 11 is 5.83. The van der Waals surface area contributed by atoms with Crippen molar-refractivity contribution in [1.82, 2.24) is 10.3 Å². The molecule has 0 fully saturated rings. The maximum absolute atomic E-state index is 12.0. The first-order chi connectivity index (χ1) is 9.06. The number of rotatable bonds is 4. The molecule has 2 aromatic rings. The quantitative estimate of drug-likeness (QED) is 0.866. The first-order valence-corrected chi connectivity index (χ1v) is 6.78. The minimum absolute atomic E-state index is 0.0440. The number of amides is 1. The van der Waals surface area contributed by atoms with Gasteiger partial charge < -0.3 is 5.32 Å². The molecule has 1 aromatic heterocycles. The van der Waals surface area contributed by atoms with Crippen LogP contribution < -0.4 is 5.32 Å². The number of hydrogen-bond donors (Lipinski definition) is 1. The fourth-order valence-electron chi connectivity index (χ4n) is 1.82. The van der Waals surface area contributed by atoms with Crippen molar-refractivity contribution in [3.8, 4) is 0 Å². The number of halogens is 1. The summed E-state index contributed by atoms with van der Waals surface area (Å²) in [4.78, 5) is 16.2. The maximum Gasteiger partial charge on any atom is 0.251 e. The van der Waals surface area contributed by atoms with E-state index < -0.39 is 0 Å². The molecule has 0 unspecified atom stereocenters. The molecule has 100 valence electrons. The monoisotopic (exact) mass is 276 g/mol. The van der Waals surface area contributed by atoms with Crippen LogP contribution in [0.5, 0.6) is 0 Å². The minimum atomic E-state index is -0.0440. The van der Waals surface area contributed by atoms with Crippen LogP contribution >= 0.6 is 11.6 Å². The predicted octanol–water partition coefficient (Wildman–Crippen LogP) is 3.66. The van der Waals surface area contributed by atoms with Crippen LogP contribution in [0.1, 0.15) is 30.6 Å². The average molecular weight is 277 g/mol. The molecule has 4 heteroatoms. The molecule has 1 N–H and O–H groups in total. The number of carbonyl (C=O) groups excluding carboxylic acids is 1. The van der Waals surface area contributed by atoms with Crippen molar-refractivity contribution in [1.29, 1.82) is 0 Å². The zero-order valence-corrected chi connectivity index (χ0v) is 11.9. The van der Waals surface area contributed by atoms with E-state index in [1.165, 1.54) is 0 Å². The Kier molecular flexibility index (Phi) is 4.38. The second-order valence-electron chi connectivity index (χ2n) is 4.98. The van der Waals surface area contributed by atoms with E-state index in [-0.39, 0.29) is 5.91 Å². The number of benzene rings is 1. The predicted molar refractivity (Wildman–Crippen MR) is 78.5 cm³/mol. The van der Waals surface area contributed by atoms with Gasteiger partial charge in [0.05, 0.1) is 5.52 Å². The smallest absolute Gasteiger partial charge is 0.251 e. The summed E-state index contributed by atoms with van der Waals surface area (Å²) in [5, 5.41) is 4.30. The topological polar surface area (TPSA) is 42.0 Å². The molecule has 0 aliphatic heterocycles. The van der Waals surface area contributed by atoms with Crippen LogP contribution in [0.4, 0.5) is 0 Å². The van der Waals surface area contributed by atoms with Gasteiger partial charge in [0.2, 0.25) is 0 Å². The first kappa shape index (κ1) is 13.8. The van der Waals surface area contributed by atoms with E-state index in [2.05, 4.69) is 24.1 Å². The van der Waals surface area contributed by atoms with Gasteiger partial charge in [-0.1, -0.05) is 25.4 Å². The van der Waals surface area contributed by atoms with Crippen molar-refractivity contribution in [2.24, 2.45) is 5.92 Å². The van der Waals surface area contributed by atoms with Crippen molar-refractivity contribution in [3.63, 3.8) is 0 Å². The lowest BCUT2D eigenvalue weighted by atomic mass is 10.1. The van der Waals surface area contributed by atoms with Crippen LogP contribution in [0.2, 0.25) is 5.15 Å². The zero-order chi connectivity index (χ0) is 13.8. The lowest BCUT2D eigenvalue weighted by Gasteiger charge is -2.07. The summed E-state index contributed by atoms with van der Waals surface area (Å²) < 4.78 is 0. The second kappa shape index (κ2) is 6.02. The third kappa shape index (κ3) is 3.67. The largest absolute Gasteiger partial charge is 0.352 e. The molecule has 0 bridgehead atoms. The molecule has 0 saturated carbocycles. The Morgan fingerprint density at radius 1 is 1.32 bits per heavy atom. The number of hydrogen-bond acceptors (Lipinski definition) is 2. The van der Waals surface area contributed by atoms with Crippen molar-refractivity contribution in [2.45, 2.75) is 20.3 Å². The number of aromatic nitrogens is 1. The molecule has 0 aliphatic carbocycles. The van der Waals surface area contributed by atoms with Crippen LogP contribution in [0.3, 0.4) is 0 Å². The summed E-state index contributed by atoms with van der Waals surface area (Å²) in [5.41, 5.74) is 1.45. The van der Waals surface area contributed by atoms with E-state index in [0.29, 0.717) is 23.2 Å². The molecule has 1 aromatic carbocycles. The zero-order valence-electron chi connectivity index (χ0n) is 11.1. The van der Waals surface area contributed by atoms with Crippen molar-refractivity contribution >= 4 is 28.4 Å². The van der Waals surface area contributed by atoms with Gasteiger partial charge in [-0.2, -0.15) is 0 Å². The summed E-state index contributed by atoms with van der Waals surface area (Å²) in [7, 11) is 0. The molecule has 0 atom stereocenters. The van der Waals surface area contributed by atoms with Gasteiger partial charge >= 0.3 is 0 Å². The third-order valence-corrected chi connectivity index (χ3v) is 3.14. The standard InChI is InChI=1S/C15H17ClN2O/c1-10(2)7-8-17-15(19)12-3-5-13-11(9-12)4-6-14(16)18-13/h3-6,9-10H,7-8H2,1-2H3,(H,17,19). The first-order valence-electron chi connectivity index (χ1n) is 6.41. The Balaban J connectivity index is 2.12. The average Bonchev–Trinajstić information content (AvgIpc) is 2.37. The second-order valence-corrected chi connectivity index (χ2v) is 5.37. The maximum atomic E-state index is 12.0. The molecule has 3 nitrogen and oxygen atoms in total. The van der Waals surface area contributed by atoms with E-state index in [0.717, 1.165) is 17.3 Å². The lowest BCUT2D eigenvalue weighted by Crippen LogP contribution is -2.25. The van der Waals surface area contributed by atoms with E-state index >= 15 is 0 Å². The molecule has 0 radical (unpaired) electrons. The highest BCUT2D eigenvalue weighted by Gasteiger charge is 2.07. The highest BCUT2D eigenvalue weighted by atomic mass is 35.5. The van der Waals surface area contributed by atoms with Crippen LogP contribution in [0.15, 0.2) is 30.3 Å². The molecule has 19 heavy (non-hydrogen) atoms. The highest BCUT2D eigenvalue weighted by Crippen LogP contribution is 2.17. The molecule has 1 heterocycles. The lowest BCUT2D eigenvalue weighted by molar-refractivity contribution is 0.0952.